The molecule has 2 amide bonds. The summed E-state index contributed by atoms with van der Waals surface area (Å²) in [6.07, 6.45) is -5.11. The van der Waals surface area contributed by atoms with Crippen molar-refractivity contribution in [3.05, 3.63) is 20.8 Å². The molecule has 1 heterocycles. The zero-order chi connectivity index (χ0) is 16.4. The first kappa shape index (κ1) is 17.8. The van der Waals surface area contributed by atoms with Crippen LogP contribution in [-0.2, 0) is 11.3 Å². The van der Waals surface area contributed by atoms with E-state index in [1.807, 2.05) is 0 Å². The van der Waals surface area contributed by atoms with Gasteiger partial charge >= 0.3 is 18.2 Å². The van der Waals surface area contributed by atoms with Gasteiger partial charge in [-0.25, -0.2) is 9.59 Å². The van der Waals surface area contributed by atoms with Crippen molar-refractivity contribution in [3.63, 3.8) is 0 Å². The Labute approximate surface area is 130 Å². The molecule has 0 radical (unpaired) electrons. The van der Waals surface area contributed by atoms with Gasteiger partial charge in [0.05, 0.1) is 6.54 Å². The number of amides is 2. The number of rotatable bonds is 4. The molecule has 21 heavy (non-hydrogen) atoms. The molecule has 0 saturated carbocycles. The zero-order valence-electron chi connectivity index (χ0n) is 11.0. The van der Waals surface area contributed by atoms with E-state index in [4.69, 9.17) is 5.11 Å². The number of carbonyl (C=O) groups excluding carboxylic acids is 1. The number of hydrogen-bond donors (Lipinski definition) is 2. The molecule has 5 nitrogen and oxygen atoms in total. The first-order valence-corrected chi connectivity index (χ1v) is 7.21. The predicted molar refractivity (Wildman–Crippen MR) is 74.1 cm³/mol. The number of hydrogen-bond acceptors (Lipinski definition) is 3. The third-order valence-corrected chi connectivity index (χ3v) is 4.40. The molecule has 1 rings (SSSR count). The van der Waals surface area contributed by atoms with E-state index in [1.165, 1.54) is 23.7 Å². The van der Waals surface area contributed by atoms with E-state index in [2.05, 4.69) is 15.9 Å². The van der Waals surface area contributed by atoms with Crippen LogP contribution in [0.3, 0.4) is 0 Å². The average Bonchev–Trinajstić information content (AvgIpc) is 2.72. The third kappa shape index (κ3) is 4.10. The Bertz CT molecular complexity index is 549. The van der Waals surface area contributed by atoms with Crippen molar-refractivity contribution in [1.82, 2.24) is 10.2 Å². The van der Waals surface area contributed by atoms with E-state index in [0.717, 1.165) is 14.2 Å². The molecule has 0 saturated heterocycles. The molecule has 0 bridgehead atoms. The molecule has 0 aromatic carbocycles. The van der Waals surface area contributed by atoms with Crippen molar-refractivity contribution < 1.29 is 27.9 Å². The van der Waals surface area contributed by atoms with E-state index >= 15 is 0 Å². The van der Waals surface area contributed by atoms with Crippen molar-refractivity contribution in [3.8, 4) is 0 Å². The maximum atomic E-state index is 12.8. The maximum Gasteiger partial charge on any atom is 0.422 e. The lowest BCUT2D eigenvalue weighted by atomic mass is 10.0. The lowest BCUT2D eigenvalue weighted by Gasteiger charge is -2.30. The number of carboxylic acids is 1. The molecule has 0 spiro atoms. The summed E-state index contributed by atoms with van der Waals surface area (Å²) in [4.78, 5) is 24.3. The summed E-state index contributed by atoms with van der Waals surface area (Å²) in [7, 11) is 1.28. The fourth-order valence-electron chi connectivity index (χ4n) is 1.30. The standard InChI is InChI=1S/C11H12BrF3N2O3S/c1-10(8(18)19,11(13,14)15)16-9(20)17(2)4-7-3-6(12)5-21-7/h3,5H,4H2,1-2H3,(H,16,20)(H,18,19). The van der Waals surface area contributed by atoms with Gasteiger partial charge in [-0.1, -0.05) is 0 Å². The van der Waals surface area contributed by atoms with Crippen LogP contribution >= 0.6 is 27.3 Å². The van der Waals surface area contributed by atoms with Crippen molar-refractivity contribution in [2.75, 3.05) is 7.05 Å². The van der Waals surface area contributed by atoms with Crippen LogP contribution in [0.15, 0.2) is 15.9 Å². The molecular formula is C11H12BrF3N2O3S. The normalized spacial score (nSPS) is 14.4. The molecule has 1 aromatic heterocycles. The lowest BCUT2D eigenvalue weighted by Crippen LogP contribution is -2.63. The van der Waals surface area contributed by atoms with E-state index < -0.39 is 23.7 Å². The van der Waals surface area contributed by atoms with Gasteiger partial charge in [0.2, 0.25) is 5.54 Å². The Hall–Kier alpha value is -1.29. The minimum atomic E-state index is -5.11. The van der Waals surface area contributed by atoms with Crippen LogP contribution < -0.4 is 5.32 Å². The summed E-state index contributed by atoms with van der Waals surface area (Å²) in [5.41, 5.74) is -3.34. The minimum absolute atomic E-state index is 0.0651. The first-order chi connectivity index (χ1) is 9.47. The van der Waals surface area contributed by atoms with Gasteiger partial charge in [-0.3, -0.25) is 0 Å². The summed E-state index contributed by atoms with van der Waals surface area (Å²) in [5.74, 6) is -2.17. The highest BCUT2D eigenvalue weighted by atomic mass is 79.9. The summed E-state index contributed by atoms with van der Waals surface area (Å²) < 4.78 is 39.2. The number of halogens is 4. The van der Waals surface area contributed by atoms with Crippen molar-refractivity contribution in [1.29, 1.82) is 0 Å². The Balaban J connectivity index is 2.80. The van der Waals surface area contributed by atoms with Gasteiger partial charge in [-0.2, -0.15) is 13.2 Å². The van der Waals surface area contributed by atoms with Crippen molar-refractivity contribution in [2.45, 2.75) is 25.2 Å². The van der Waals surface area contributed by atoms with Gasteiger partial charge in [-0.05, 0) is 28.9 Å². The number of thiophene rings is 1. The SMILES string of the molecule is CN(Cc1cc(Br)cs1)C(=O)NC(C)(C(=O)O)C(F)(F)F. The summed E-state index contributed by atoms with van der Waals surface area (Å²) in [6, 6.07) is 0.593. The third-order valence-electron chi connectivity index (χ3n) is 2.71. The largest absolute Gasteiger partial charge is 0.479 e. The second-order valence-corrected chi connectivity index (χ2v) is 6.36. The van der Waals surface area contributed by atoms with Gasteiger partial charge in [0.15, 0.2) is 0 Å². The molecule has 1 aromatic rings. The van der Waals surface area contributed by atoms with Crippen LogP contribution in [-0.4, -0.2) is 40.8 Å². The van der Waals surface area contributed by atoms with Crippen LogP contribution in [0.25, 0.3) is 0 Å². The molecule has 2 N–H and O–H groups in total. The van der Waals surface area contributed by atoms with Crippen LogP contribution in [0.2, 0.25) is 0 Å². The van der Waals surface area contributed by atoms with Gasteiger partial charge in [0, 0.05) is 21.8 Å². The number of carbonyl (C=O) groups is 2. The highest BCUT2D eigenvalue weighted by Crippen LogP contribution is 2.30. The minimum Gasteiger partial charge on any atom is -0.479 e. The highest BCUT2D eigenvalue weighted by Gasteiger charge is 2.58. The number of nitrogens with zero attached hydrogens (tertiary/aromatic N) is 1. The second-order valence-electron chi connectivity index (χ2n) is 4.45. The topological polar surface area (TPSA) is 69.6 Å². The fourth-order valence-corrected chi connectivity index (χ4v) is 2.80. The molecule has 0 aliphatic carbocycles. The van der Waals surface area contributed by atoms with Gasteiger partial charge in [-0.15, -0.1) is 11.3 Å². The molecule has 0 aliphatic rings. The molecular weight excluding hydrogens is 377 g/mol. The Morgan fingerprint density at radius 3 is 2.43 bits per heavy atom. The van der Waals surface area contributed by atoms with Crippen LogP contribution in [0.5, 0.6) is 0 Å². The fraction of sp³-hybridized carbons (Fsp3) is 0.455. The monoisotopic (exact) mass is 388 g/mol. The molecule has 118 valence electrons. The highest BCUT2D eigenvalue weighted by molar-refractivity contribution is 9.10. The summed E-state index contributed by atoms with van der Waals surface area (Å²) >= 11 is 4.54. The van der Waals surface area contributed by atoms with Crippen LogP contribution in [0, 0.1) is 0 Å². The molecule has 0 fully saturated rings. The molecule has 0 aliphatic heterocycles. The number of urea groups is 1. The van der Waals surface area contributed by atoms with Crippen LogP contribution in [0.4, 0.5) is 18.0 Å². The molecule has 1 atom stereocenters. The van der Waals surface area contributed by atoms with E-state index in [1.54, 1.807) is 11.4 Å². The maximum absolute atomic E-state index is 12.8. The van der Waals surface area contributed by atoms with E-state index in [9.17, 15) is 22.8 Å². The second kappa shape index (κ2) is 6.22. The molecule has 10 heteroatoms. The van der Waals surface area contributed by atoms with Crippen molar-refractivity contribution in [2.24, 2.45) is 0 Å². The number of carboxylic acid groups (broad SMARTS) is 1. The Morgan fingerprint density at radius 2 is 2.05 bits per heavy atom. The zero-order valence-corrected chi connectivity index (χ0v) is 13.4. The number of alkyl halides is 3. The first-order valence-electron chi connectivity index (χ1n) is 5.53. The quantitative estimate of drug-likeness (QED) is 0.832. The Morgan fingerprint density at radius 1 is 1.48 bits per heavy atom. The predicted octanol–water partition coefficient (Wildman–Crippen LogP) is 3.06. The average molecular weight is 389 g/mol. The van der Waals surface area contributed by atoms with E-state index in [-0.39, 0.29) is 6.54 Å². The smallest absolute Gasteiger partial charge is 0.422 e. The van der Waals surface area contributed by atoms with E-state index in [0.29, 0.717) is 6.92 Å². The number of aliphatic carboxylic acids is 1. The van der Waals surface area contributed by atoms with Gasteiger partial charge in [0.1, 0.15) is 0 Å². The van der Waals surface area contributed by atoms with Crippen molar-refractivity contribution >= 4 is 39.3 Å². The summed E-state index contributed by atoms with van der Waals surface area (Å²) in [5, 5.41) is 12.0. The molecule has 1 unspecified atom stereocenters. The van der Waals surface area contributed by atoms with Crippen LogP contribution in [0.1, 0.15) is 11.8 Å². The van der Waals surface area contributed by atoms with Gasteiger partial charge < -0.3 is 15.3 Å². The Kier molecular flexibility index (Phi) is 5.26. The lowest BCUT2D eigenvalue weighted by molar-refractivity contribution is -0.203. The van der Waals surface area contributed by atoms with Gasteiger partial charge in [0.25, 0.3) is 0 Å². The number of nitrogens with one attached hydrogen (secondary N) is 1. The summed E-state index contributed by atoms with van der Waals surface area (Å²) in [6.45, 7) is 0.471.